The second kappa shape index (κ2) is 9.44. The third kappa shape index (κ3) is 5.81. The molecule has 0 amide bonds. The van der Waals surface area contributed by atoms with E-state index in [1.54, 1.807) is 13.8 Å². The molecule has 0 unspecified atom stereocenters. The molecule has 0 spiro atoms. The summed E-state index contributed by atoms with van der Waals surface area (Å²) in [4.78, 5) is 8.57. The van der Waals surface area contributed by atoms with Crippen LogP contribution in [0.15, 0.2) is 30.3 Å². The average Bonchev–Trinajstić information content (AvgIpc) is 2.70. The molecule has 2 N–H and O–H groups in total. The van der Waals surface area contributed by atoms with Crippen molar-refractivity contribution in [3.05, 3.63) is 53.1 Å². The summed E-state index contributed by atoms with van der Waals surface area (Å²) >= 11 is 0. The molecule has 3 aromatic rings. The van der Waals surface area contributed by atoms with Gasteiger partial charge in [0.15, 0.2) is 0 Å². The standard InChI is InChI=1S/C22H23F6N4OP/c1-11(13-6-5-7-14(19(13)23)20(24)25)30-21-15-8-18(34(3,4)33)17(29-10-22(26,27)28)9-16(15)31-12(2)32-21/h5-9,11,20,29H,10H2,1-4H3,(H,30,31,32)/t11-/m1/s1. The molecule has 0 aliphatic carbocycles. The molecule has 0 aliphatic rings. The van der Waals surface area contributed by atoms with E-state index in [1.165, 1.54) is 37.6 Å². The molecule has 0 fully saturated rings. The fourth-order valence-electron chi connectivity index (χ4n) is 3.53. The van der Waals surface area contributed by atoms with Gasteiger partial charge >= 0.3 is 6.18 Å². The lowest BCUT2D eigenvalue weighted by Gasteiger charge is -2.21. The molecule has 0 aliphatic heterocycles. The predicted molar refractivity (Wildman–Crippen MR) is 121 cm³/mol. The van der Waals surface area contributed by atoms with Crippen molar-refractivity contribution in [2.24, 2.45) is 0 Å². The Kier molecular flexibility index (Phi) is 7.17. The van der Waals surface area contributed by atoms with Crippen molar-refractivity contribution in [1.29, 1.82) is 0 Å². The van der Waals surface area contributed by atoms with Crippen LogP contribution in [0.4, 0.5) is 37.8 Å². The molecule has 0 saturated carbocycles. The maximum atomic E-state index is 14.6. The van der Waals surface area contributed by atoms with Gasteiger partial charge in [-0.1, -0.05) is 18.2 Å². The third-order valence-electron chi connectivity index (χ3n) is 5.10. The predicted octanol–water partition coefficient (Wildman–Crippen LogP) is 6.41. The molecular formula is C22H23F6N4OP. The summed E-state index contributed by atoms with van der Waals surface area (Å²) in [5.74, 6) is -0.567. The van der Waals surface area contributed by atoms with Crippen LogP contribution >= 0.6 is 7.14 Å². The van der Waals surface area contributed by atoms with Crippen LogP contribution in [0.1, 0.15) is 36.3 Å². The number of alkyl halides is 5. The fourth-order valence-corrected chi connectivity index (χ4v) is 4.69. The number of anilines is 2. The van der Waals surface area contributed by atoms with Crippen molar-refractivity contribution < 1.29 is 30.9 Å². The lowest BCUT2D eigenvalue weighted by molar-refractivity contribution is -0.115. The smallest absolute Gasteiger partial charge is 0.376 e. The van der Waals surface area contributed by atoms with Crippen molar-refractivity contribution in [1.82, 2.24) is 9.97 Å². The number of hydrogen-bond donors (Lipinski definition) is 2. The highest BCUT2D eigenvalue weighted by atomic mass is 31.2. The number of halogens is 6. The number of aryl methyl sites for hydroxylation is 1. The molecule has 184 valence electrons. The Morgan fingerprint density at radius 3 is 2.32 bits per heavy atom. The second-order valence-electron chi connectivity index (χ2n) is 8.24. The number of rotatable bonds is 7. The van der Waals surface area contributed by atoms with Gasteiger partial charge in [0, 0.05) is 21.9 Å². The number of hydrogen-bond acceptors (Lipinski definition) is 5. The quantitative estimate of drug-likeness (QED) is 0.288. The summed E-state index contributed by atoms with van der Waals surface area (Å²) in [5.41, 5.74) is -0.435. The average molecular weight is 504 g/mol. The Morgan fingerprint density at radius 1 is 1.09 bits per heavy atom. The topological polar surface area (TPSA) is 66.9 Å². The van der Waals surface area contributed by atoms with E-state index in [0.29, 0.717) is 5.39 Å². The van der Waals surface area contributed by atoms with Crippen LogP contribution in [0.2, 0.25) is 0 Å². The van der Waals surface area contributed by atoms with Gasteiger partial charge in [0.2, 0.25) is 0 Å². The lowest BCUT2D eigenvalue weighted by atomic mass is 10.0. The molecular weight excluding hydrogens is 481 g/mol. The number of nitrogens with one attached hydrogen (secondary N) is 2. The minimum absolute atomic E-state index is 0.0115. The van der Waals surface area contributed by atoms with Crippen LogP contribution < -0.4 is 15.9 Å². The SMILES string of the molecule is Cc1nc(N[C@H](C)c2cccc(C(F)F)c2F)c2cc(P(C)(C)=O)c(NCC(F)(F)F)cc2n1. The van der Waals surface area contributed by atoms with E-state index in [4.69, 9.17) is 0 Å². The van der Waals surface area contributed by atoms with E-state index < -0.39 is 43.7 Å². The first-order chi connectivity index (χ1) is 15.7. The van der Waals surface area contributed by atoms with Gasteiger partial charge in [-0.15, -0.1) is 0 Å². The highest BCUT2D eigenvalue weighted by Crippen LogP contribution is 2.40. The Balaban J connectivity index is 2.10. The minimum atomic E-state index is -4.49. The van der Waals surface area contributed by atoms with Crippen LogP contribution in [-0.4, -0.2) is 36.0 Å². The zero-order valence-corrected chi connectivity index (χ0v) is 19.7. The molecule has 5 nitrogen and oxygen atoms in total. The molecule has 0 bridgehead atoms. The van der Waals surface area contributed by atoms with Gasteiger partial charge < -0.3 is 15.2 Å². The zero-order chi connectivity index (χ0) is 25.4. The van der Waals surface area contributed by atoms with E-state index in [1.807, 2.05) is 0 Å². The highest BCUT2D eigenvalue weighted by Gasteiger charge is 2.29. The van der Waals surface area contributed by atoms with Crippen molar-refractivity contribution in [3.8, 4) is 0 Å². The van der Waals surface area contributed by atoms with Crippen LogP contribution in [0, 0.1) is 12.7 Å². The third-order valence-corrected chi connectivity index (χ3v) is 6.63. The van der Waals surface area contributed by atoms with Gasteiger partial charge in [-0.05, 0) is 39.3 Å². The molecule has 1 atom stereocenters. The van der Waals surface area contributed by atoms with E-state index in [2.05, 4.69) is 20.6 Å². The van der Waals surface area contributed by atoms with Crippen LogP contribution in [0.3, 0.4) is 0 Å². The Labute approximate surface area is 192 Å². The van der Waals surface area contributed by atoms with Gasteiger partial charge in [-0.3, -0.25) is 0 Å². The van der Waals surface area contributed by atoms with Gasteiger partial charge in [-0.2, -0.15) is 13.2 Å². The van der Waals surface area contributed by atoms with Crippen LogP contribution in [0.5, 0.6) is 0 Å². The summed E-state index contributed by atoms with van der Waals surface area (Å²) in [5, 5.41) is 5.77. The van der Waals surface area contributed by atoms with Gasteiger partial charge in [0.1, 0.15) is 31.1 Å². The first-order valence-corrected chi connectivity index (χ1v) is 12.8. The normalized spacial score (nSPS) is 13.4. The van der Waals surface area contributed by atoms with Gasteiger partial charge in [0.25, 0.3) is 6.43 Å². The highest BCUT2D eigenvalue weighted by molar-refractivity contribution is 7.70. The molecule has 0 saturated heterocycles. The molecule has 0 radical (unpaired) electrons. The number of nitrogens with zero attached hydrogens (tertiary/aromatic N) is 2. The van der Waals surface area contributed by atoms with E-state index in [0.717, 1.165) is 6.07 Å². The molecule has 3 rings (SSSR count). The lowest BCUT2D eigenvalue weighted by Crippen LogP contribution is -2.24. The monoisotopic (exact) mass is 504 g/mol. The summed E-state index contributed by atoms with van der Waals surface area (Å²) in [6.45, 7) is 4.64. The molecule has 1 heterocycles. The first-order valence-electron chi connectivity index (χ1n) is 10.2. The number of aromatic nitrogens is 2. The van der Waals surface area contributed by atoms with E-state index >= 15 is 0 Å². The number of fused-ring (bicyclic) bond motifs is 1. The largest absolute Gasteiger partial charge is 0.405 e. The fraction of sp³-hybridized carbons (Fsp3) is 0.364. The summed E-state index contributed by atoms with van der Waals surface area (Å²) in [7, 11) is -3.05. The summed E-state index contributed by atoms with van der Waals surface area (Å²) in [6.07, 6.45) is -7.47. The van der Waals surface area contributed by atoms with Crippen molar-refractivity contribution >= 4 is 34.9 Å². The number of benzene rings is 2. The molecule has 34 heavy (non-hydrogen) atoms. The minimum Gasteiger partial charge on any atom is -0.376 e. The maximum absolute atomic E-state index is 14.6. The first kappa shape index (κ1) is 25.8. The van der Waals surface area contributed by atoms with E-state index in [9.17, 15) is 30.9 Å². The van der Waals surface area contributed by atoms with Crippen LogP contribution in [0.25, 0.3) is 10.9 Å². The Hall–Kier alpha value is -2.81. The molecule has 1 aromatic heterocycles. The van der Waals surface area contributed by atoms with Crippen molar-refractivity contribution in [2.75, 3.05) is 30.5 Å². The molecule has 12 heteroatoms. The van der Waals surface area contributed by atoms with Gasteiger partial charge in [0.05, 0.1) is 17.1 Å². The Morgan fingerprint density at radius 2 is 1.74 bits per heavy atom. The second-order valence-corrected chi connectivity index (χ2v) is 11.4. The maximum Gasteiger partial charge on any atom is 0.405 e. The van der Waals surface area contributed by atoms with Crippen molar-refractivity contribution in [2.45, 2.75) is 32.5 Å². The van der Waals surface area contributed by atoms with Crippen molar-refractivity contribution in [3.63, 3.8) is 0 Å². The van der Waals surface area contributed by atoms with Crippen LogP contribution in [-0.2, 0) is 4.57 Å². The zero-order valence-electron chi connectivity index (χ0n) is 18.8. The van der Waals surface area contributed by atoms with Gasteiger partial charge in [-0.25, -0.2) is 23.1 Å². The molecule has 2 aromatic carbocycles. The summed E-state index contributed by atoms with van der Waals surface area (Å²) in [6, 6.07) is 5.70. The Bertz CT molecular complexity index is 1260. The van der Waals surface area contributed by atoms with E-state index in [-0.39, 0.29) is 33.7 Å². The summed E-state index contributed by atoms with van der Waals surface area (Å²) < 4.78 is 92.1.